The van der Waals surface area contributed by atoms with Crippen LogP contribution in [0.5, 0.6) is 0 Å². The van der Waals surface area contributed by atoms with Gasteiger partial charge in [0.1, 0.15) is 11.7 Å². The summed E-state index contributed by atoms with van der Waals surface area (Å²) in [6, 6.07) is 13.4. The lowest BCUT2D eigenvalue weighted by atomic mass is 10.0. The number of nitrogen functional groups attached to an aromatic ring is 1. The van der Waals surface area contributed by atoms with Crippen molar-refractivity contribution in [2.45, 2.75) is 45.1 Å². The lowest BCUT2D eigenvalue weighted by Crippen LogP contribution is -2.32. The minimum atomic E-state index is -0.985. The van der Waals surface area contributed by atoms with Gasteiger partial charge in [-0.2, -0.15) is 0 Å². The molecule has 4 rings (SSSR count). The van der Waals surface area contributed by atoms with Gasteiger partial charge in [0.15, 0.2) is 6.04 Å². The molecule has 10 nitrogen and oxygen atoms in total. The zero-order chi connectivity index (χ0) is 27.6. The van der Waals surface area contributed by atoms with E-state index in [4.69, 9.17) is 16.1 Å². The number of benzene rings is 2. The van der Waals surface area contributed by atoms with Crippen LogP contribution >= 0.6 is 12.4 Å². The number of likely N-dealkylation sites (tertiary alicyclic amines) is 1. The molecule has 1 aliphatic rings. The number of nitrogens with one attached hydrogen (secondary N) is 3. The molecule has 212 valence electrons. The molecule has 0 spiro atoms. The maximum atomic E-state index is 12.3. The second-order valence-corrected chi connectivity index (χ2v) is 9.69. The molecule has 1 aliphatic heterocycles. The summed E-state index contributed by atoms with van der Waals surface area (Å²) in [6.07, 6.45) is 8.63. The normalized spacial score (nSPS) is 15.0. The molecule has 1 fully saturated rings. The maximum Gasteiger partial charge on any atom is 0.330 e. The lowest BCUT2D eigenvalue weighted by molar-refractivity contribution is -0.138. The Morgan fingerprint density at radius 2 is 1.90 bits per heavy atom. The van der Waals surface area contributed by atoms with Crippen molar-refractivity contribution in [3.63, 3.8) is 0 Å². The summed E-state index contributed by atoms with van der Waals surface area (Å²) in [5.74, 6) is 0.652. The Hall–Kier alpha value is -4.18. The van der Waals surface area contributed by atoms with Crippen LogP contribution in [0.15, 0.2) is 65.9 Å². The lowest BCUT2D eigenvalue weighted by Gasteiger charge is -2.24. The van der Waals surface area contributed by atoms with Gasteiger partial charge in [-0.05, 0) is 79.8 Å². The first-order chi connectivity index (χ1) is 18.9. The number of rotatable bonds is 11. The molecule has 11 heteroatoms. The smallest absolute Gasteiger partial charge is 0.330 e. The average Bonchev–Trinajstić information content (AvgIpc) is 3.15. The minimum absolute atomic E-state index is 0. The van der Waals surface area contributed by atoms with Crippen molar-refractivity contribution in [2.75, 3.05) is 30.3 Å². The van der Waals surface area contributed by atoms with E-state index in [9.17, 15) is 9.90 Å². The summed E-state index contributed by atoms with van der Waals surface area (Å²) >= 11 is 0. The largest absolute Gasteiger partial charge is 0.479 e. The number of anilines is 2. The standard InChI is InChI=1S/C29H36N8O2.ClH/c1-20-17-22(26(28(38)39)36-23-10-8-21(9-11-23)27(30)31)19-24(18-20)35-25-7-3-2-4-15-37(25)16-6-14-34-29-32-12-5-13-33-29;/h5,8-13,17-19,26,36H,2-4,6-7,14-16H2,1H3,(H3,30,31)(H,38,39)(H,32,33,34);1H. The molecule has 1 aromatic heterocycles. The Bertz CT molecular complexity index is 1300. The second-order valence-electron chi connectivity index (χ2n) is 9.69. The number of halogens is 1. The van der Waals surface area contributed by atoms with E-state index in [-0.39, 0.29) is 18.2 Å². The maximum absolute atomic E-state index is 12.3. The van der Waals surface area contributed by atoms with Gasteiger partial charge >= 0.3 is 5.97 Å². The fraction of sp³-hybridized carbons (Fsp3) is 0.345. The van der Waals surface area contributed by atoms with Crippen LogP contribution in [0.3, 0.4) is 0 Å². The number of nitrogens with zero attached hydrogens (tertiary/aromatic N) is 4. The first-order valence-electron chi connectivity index (χ1n) is 13.3. The first kappa shape index (κ1) is 30.4. The van der Waals surface area contributed by atoms with Crippen molar-refractivity contribution < 1.29 is 9.90 Å². The van der Waals surface area contributed by atoms with Gasteiger partial charge in [-0.15, -0.1) is 12.4 Å². The molecule has 40 heavy (non-hydrogen) atoms. The van der Waals surface area contributed by atoms with E-state index in [0.29, 0.717) is 22.8 Å². The minimum Gasteiger partial charge on any atom is -0.479 e. The molecular weight excluding hydrogens is 528 g/mol. The molecule has 2 heterocycles. The number of aliphatic imine (C=N–C) groups is 1. The molecule has 0 bridgehead atoms. The molecule has 6 N–H and O–H groups in total. The van der Waals surface area contributed by atoms with E-state index >= 15 is 0 Å². The van der Waals surface area contributed by atoms with Crippen LogP contribution in [0.1, 0.15) is 54.8 Å². The van der Waals surface area contributed by atoms with Crippen LogP contribution in [0, 0.1) is 12.3 Å². The van der Waals surface area contributed by atoms with Gasteiger partial charge in [0.25, 0.3) is 0 Å². The van der Waals surface area contributed by atoms with Crippen LogP contribution in [0.25, 0.3) is 0 Å². The number of amidine groups is 2. The predicted molar refractivity (Wildman–Crippen MR) is 162 cm³/mol. The molecule has 1 saturated heterocycles. The molecule has 0 amide bonds. The van der Waals surface area contributed by atoms with Crippen molar-refractivity contribution in [3.05, 3.63) is 77.6 Å². The van der Waals surface area contributed by atoms with Gasteiger partial charge < -0.3 is 26.4 Å². The van der Waals surface area contributed by atoms with Crippen molar-refractivity contribution in [1.82, 2.24) is 14.9 Å². The van der Waals surface area contributed by atoms with E-state index in [1.807, 2.05) is 25.1 Å². The van der Waals surface area contributed by atoms with Gasteiger partial charge in [0.05, 0.1) is 5.69 Å². The van der Waals surface area contributed by atoms with Gasteiger partial charge in [-0.1, -0.05) is 12.5 Å². The molecule has 2 aromatic carbocycles. The third-order valence-corrected chi connectivity index (χ3v) is 6.58. The number of aryl methyl sites for hydroxylation is 1. The third kappa shape index (κ3) is 8.67. The predicted octanol–water partition coefficient (Wildman–Crippen LogP) is 5.14. The van der Waals surface area contributed by atoms with E-state index in [1.165, 1.54) is 0 Å². The van der Waals surface area contributed by atoms with Crippen molar-refractivity contribution in [1.29, 1.82) is 5.41 Å². The fourth-order valence-electron chi connectivity index (χ4n) is 4.65. The summed E-state index contributed by atoms with van der Waals surface area (Å²) in [6.45, 7) is 4.54. The van der Waals surface area contributed by atoms with Crippen LogP contribution in [0.4, 0.5) is 17.3 Å². The van der Waals surface area contributed by atoms with Crippen LogP contribution in [0.2, 0.25) is 0 Å². The number of carboxylic acids is 1. The second kappa shape index (κ2) is 14.8. The fourth-order valence-corrected chi connectivity index (χ4v) is 4.65. The van der Waals surface area contributed by atoms with Gasteiger partial charge in [0.2, 0.25) is 5.95 Å². The monoisotopic (exact) mass is 564 g/mol. The summed E-state index contributed by atoms with van der Waals surface area (Å²) in [5.41, 5.74) is 9.07. The SMILES string of the molecule is Cc1cc(N=C2CCCCCN2CCCNc2ncccn2)cc(C(Nc2ccc(C(=N)N)cc2)C(=O)O)c1.Cl. The third-order valence-electron chi connectivity index (χ3n) is 6.58. The molecule has 1 unspecified atom stereocenters. The number of carboxylic acid groups (broad SMARTS) is 1. The average molecular weight is 565 g/mol. The van der Waals surface area contributed by atoms with Crippen LogP contribution < -0.4 is 16.4 Å². The van der Waals surface area contributed by atoms with Gasteiger partial charge in [0, 0.05) is 49.7 Å². The molecular formula is C29H37ClN8O2. The van der Waals surface area contributed by atoms with E-state index < -0.39 is 12.0 Å². The number of carbonyl (C=O) groups is 1. The zero-order valence-corrected chi connectivity index (χ0v) is 23.5. The number of aromatic nitrogens is 2. The van der Waals surface area contributed by atoms with Crippen molar-refractivity contribution in [3.8, 4) is 0 Å². The molecule has 1 atom stereocenters. The van der Waals surface area contributed by atoms with Gasteiger partial charge in [-0.3, -0.25) is 5.41 Å². The Kier molecular flexibility index (Phi) is 11.3. The van der Waals surface area contributed by atoms with Crippen molar-refractivity contribution in [2.24, 2.45) is 10.7 Å². The number of hydrogen-bond acceptors (Lipinski definition) is 7. The molecule has 0 radical (unpaired) electrons. The molecule has 3 aromatic rings. The van der Waals surface area contributed by atoms with Crippen LogP contribution in [-0.4, -0.2) is 57.2 Å². The van der Waals surface area contributed by atoms with Gasteiger partial charge in [-0.25, -0.2) is 19.8 Å². The molecule has 0 saturated carbocycles. The summed E-state index contributed by atoms with van der Waals surface area (Å²) in [7, 11) is 0. The van der Waals surface area contributed by atoms with Crippen molar-refractivity contribution >= 4 is 47.4 Å². The number of hydrogen-bond donors (Lipinski definition) is 5. The van der Waals surface area contributed by atoms with E-state index in [0.717, 1.165) is 68.8 Å². The Morgan fingerprint density at radius 3 is 2.60 bits per heavy atom. The summed E-state index contributed by atoms with van der Waals surface area (Å²) < 4.78 is 0. The van der Waals surface area contributed by atoms with E-state index in [2.05, 4.69) is 25.5 Å². The summed E-state index contributed by atoms with van der Waals surface area (Å²) in [4.78, 5) is 28.1. The number of nitrogens with two attached hydrogens (primary N) is 1. The molecule has 0 aliphatic carbocycles. The Balaban J connectivity index is 0.00000441. The topological polar surface area (TPSA) is 153 Å². The highest BCUT2D eigenvalue weighted by atomic mass is 35.5. The van der Waals surface area contributed by atoms with E-state index in [1.54, 1.807) is 42.7 Å². The number of aliphatic carboxylic acids is 1. The quantitative estimate of drug-likeness (QED) is 0.122. The highest BCUT2D eigenvalue weighted by Gasteiger charge is 2.21. The summed E-state index contributed by atoms with van der Waals surface area (Å²) in [5, 5.41) is 24.0. The highest BCUT2D eigenvalue weighted by molar-refractivity contribution is 5.95. The zero-order valence-electron chi connectivity index (χ0n) is 22.6. The first-order valence-corrected chi connectivity index (χ1v) is 13.3. The Labute approximate surface area is 241 Å². The van der Waals surface area contributed by atoms with Crippen LogP contribution in [-0.2, 0) is 4.79 Å². The highest BCUT2D eigenvalue weighted by Crippen LogP contribution is 2.27. The Morgan fingerprint density at radius 1 is 1.15 bits per heavy atom.